The van der Waals surface area contributed by atoms with E-state index in [1.165, 1.54) is 6.07 Å². The fourth-order valence-electron chi connectivity index (χ4n) is 3.34. The van der Waals surface area contributed by atoms with Crippen molar-refractivity contribution in [2.24, 2.45) is 0 Å². The summed E-state index contributed by atoms with van der Waals surface area (Å²) in [5.74, 6) is 0.260. The minimum absolute atomic E-state index is 0.0637. The molecule has 0 bridgehead atoms. The van der Waals surface area contributed by atoms with E-state index in [0.717, 1.165) is 30.7 Å². The lowest BCUT2D eigenvalue weighted by Crippen LogP contribution is -2.20. The van der Waals surface area contributed by atoms with Gasteiger partial charge >= 0.3 is 5.69 Å². The number of nitrogen functional groups attached to an aromatic ring is 1. The van der Waals surface area contributed by atoms with Gasteiger partial charge in [0.2, 0.25) is 0 Å². The third kappa shape index (κ3) is 4.48. The number of rotatable bonds is 9. The highest BCUT2D eigenvalue weighted by Gasteiger charge is 2.21. The molecule has 2 aromatic heterocycles. The number of hydrogen-bond donors (Lipinski definition) is 1. The third-order valence-corrected chi connectivity index (χ3v) is 4.78. The van der Waals surface area contributed by atoms with Gasteiger partial charge in [-0.3, -0.25) is 10.1 Å². The minimum atomic E-state index is -0.421. The van der Waals surface area contributed by atoms with Crippen molar-refractivity contribution in [2.45, 2.75) is 33.2 Å². The van der Waals surface area contributed by atoms with Crippen LogP contribution in [0, 0.1) is 10.1 Å². The van der Waals surface area contributed by atoms with Crippen molar-refractivity contribution < 1.29 is 9.66 Å². The number of ether oxygens (including phenoxy) is 1. The van der Waals surface area contributed by atoms with Crippen molar-refractivity contribution in [1.29, 1.82) is 0 Å². The quantitative estimate of drug-likeness (QED) is 0.431. The first-order valence-corrected chi connectivity index (χ1v) is 9.81. The Hall–Kier alpha value is -3.13. The maximum atomic E-state index is 11.6. The molecule has 3 aromatic rings. The number of fused-ring (bicyclic) bond motifs is 1. The van der Waals surface area contributed by atoms with Crippen molar-refractivity contribution >= 4 is 17.0 Å². The van der Waals surface area contributed by atoms with E-state index in [-0.39, 0.29) is 11.4 Å². The molecule has 154 valence electrons. The lowest BCUT2D eigenvalue weighted by atomic mass is 10.1. The van der Waals surface area contributed by atoms with E-state index in [1.807, 2.05) is 22.7 Å². The summed E-state index contributed by atoms with van der Waals surface area (Å²) < 4.78 is 7.38. The van der Waals surface area contributed by atoms with Gasteiger partial charge in [0.1, 0.15) is 5.65 Å². The van der Waals surface area contributed by atoms with Crippen LogP contribution in [0.5, 0.6) is 5.75 Å². The van der Waals surface area contributed by atoms with Crippen LogP contribution in [-0.4, -0.2) is 39.4 Å². The zero-order valence-corrected chi connectivity index (χ0v) is 17.1. The Morgan fingerprint density at radius 3 is 2.76 bits per heavy atom. The summed E-state index contributed by atoms with van der Waals surface area (Å²) >= 11 is 0. The molecule has 0 amide bonds. The molecule has 3 rings (SSSR count). The molecular formula is C21H27N5O3. The number of pyridine rings is 1. The molecule has 0 saturated carbocycles. The normalized spacial score (nSPS) is 11.3. The van der Waals surface area contributed by atoms with E-state index >= 15 is 0 Å². The molecule has 29 heavy (non-hydrogen) atoms. The third-order valence-electron chi connectivity index (χ3n) is 4.78. The van der Waals surface area contributed by atoms with Gasteiger partial charge in [0.25, 0.3) is 0 Å². The number of aromatic nitrogens is 2. The molecule has 8 heteroatoms. The second-order valence-corrected chi connectivity index (χ2v) is 7.06. The van der Waals surface area contributed by atoms with Gasteiger partial charge in [0.15, 0.2) is 5.75 Å². The maximum Gasteiger partial charge on any atom is 0.311 e. The number of nitrogens with two attached hydrogens (primary N) is 1. The van der Waals surface area contributed by atoms with Gasteiger partial charge in [0.05, 0.1) is 22.9 Å². The summed E-state index contributed by atoms with van der Waals surface area (Å²) in [6.45, 7) is 5.93. The van der Waals surface area contributed by atoms with Crippen LogP contribution in [0.2, 0.25) is 0 Å². The minimum Gasteiger partial charge on any atom is -0.487 e. The van der Waals surface area contributed by atoms with Gasteiger partial charge in [-0.1, -0.05) is 13.3 Å². The van der Waals surface area contributed by atoms with E-state index in [9.17, 15) is 10.1 Å². The number of nitro benzene ring substituents is 1. The standard InChI is InChI=1S/C21H27N5O3/c1-4-6-11-24(3)14-18-21(23-20-10-8-16(22)13-25(18)20)15-7-9-19(29-5-2)17(12-15)26(27)28/h7-10,12-13H,4-6,11,14,22H2,1-3H3. The molecule has 0 spiro atoms. The Morgan fingerprint density at radius 2 is 2.07 bits per heavy atom. The molecular weight excluding hydrogens is 370 g/mol. The van der Waals surface area contributed by atoms with Crippen LogP contribution in [0.4, 0.5) is 11.4 Å². The summed E-state index contributed by atoms with van der Waals surface area (Å²) in [5, 5.41) is 11.6. The molecule has 0 atom stereocenters. The average molecular weight is 397 g/mol. The van der Waals surface area contributed by atoms with Crippen LogP contribution in [-0.2, 0) is 6.54 Å². The Labute approximate surface area is 170 Å². The van der Waals surface area contributed by atoms with E-state index in [0.29, 0.717) is 30.1 Å². The van der Waals surface area contributed by atoms with Gasteiger partial charge in [0, 0.05) is 30.1 Å². The van der Waals surface area contributed by atoms with Gasteiger partial charge in [-0.2, -0.15) is 0 Å². The predicted octanol–water partition coefficient (Wildman–Crippen LogP) is 4.12. The molecule has 0 aliphatic heterocycles. The molecule has 0 unspecified atom stereocenters. The van der Waals surface area contributed by atoms with Gasteiger partial charge in [-0.15, -0.1) is 0 Å². The Kier molecular flexibility index (Phi) is 6.33. The topological polar surface area (TPSA) is 98.9 Å². The summed E-state index contributed by atoms with van der Waals surface area (Å²) in [5.41, 5.74) is 9.67. The average Bonchev–Trinajstić information content (AvgIpc) is 3.04. The summed E-state index contributed by atoms with van der Waals surface area (Å²) in [7, 11) is 2.06. The van der Waals surface area contributed by atoms with Crippen LogP contribution < -0.4 is 10.5 Å². The fraction of sp³-hybridized carbons (Fsp3) is 0.381. The van der Waals surface area contributed by atoms with E-state index in [4.69, 9.17) is 15.5 Å². The first-order valence-electron chi connectivity index (χ1n) is 9.81. The second-order valence-electron chi connectivity index (χ2n) is 7.06. The first kappa shape index (κ1) is 20.6. The van der Waals surface area contributed by atoms with Crippen molar-refractivity contribution in [3.8, 4) is 17.0 Å². The molecule has 8 nitrogen and oxygen atoms in total. The van der Waals surface area contributed by atoms with Gasteiger partial charge in [-0.25, -0.2) is 4.98 Å². The fourth-order valence-corrected chi connectivity index (χ4v) is 3.34. The van der Waals surface area contributed by atoms with Crippen LogP contribution in [0.1, 0.15) is 32.4 Å². The first-order chi connectivity index (χ1) is 13.9. The van der Waals surface area contributed by atoms with Crippen molar-refractivity contribution in [2.75, 3.05) is 25.9 Å². The van der Waals surface area contributed by atoms with Gasteiger partial charge < -0.3 is 19.8 Å². The lowest BCUT2D eigenvalue weighted by Gasteiger charge is -2.17. The molecule has 0 aliphatic rings. The summed E-state index contributed by atoms with van der Waals surface area (Å²) in [4.78, 5) is 18.1. The zero-order valence-electron chi connectivity index (χ0n) is 17.1. The Balaban J connectivity index is 2.12. The Morgan fingerprint density at radius 1 is 1.28 bits per heavy atom. The molecule has 0 radical (unpaired) electrons. The molecule has 2 heterocycles. The largest absolute Gasteiger partial charge is 0.487 e. The second kappa shape index (κ2) is 8.91. The molecule has 0 saturated heterocycles. The van der Waals surface area contributed by atoms with Crippen LogP contribution >= 0.6 is 0 Å². The van der Waals surface area contributed by atoms with Gasteiger partial charge in [-0.05, 0) is 51.2 Å². The highest BCUT2D eigenvalue weighted by molar-refractivity contribution is 5.71. The highest BCUT2D eigenvalue weighted by atomic mass is 16.6. The van der Waals surface area contributed by atoms with Crippen LogP contribution in [0.15, 0.2) is 36.5 Å². The number of anilines is 1. The van der Waals surface area contributed by atoms with E-state index in [2.05, 4.69) is 18.9 Å². The predicted molar refractivity (Wildman–Crippen MR) is 114 cm³/mol. The molecule has 0 fully saturated rings. The monoisotopic (exact) mass is 397 g/mol. The molecule has 2 N–H and O–H groups in total. The summed E-state index contributed by atoms with van der Waals surface area (Å²) in [6, 6.07) is 8.65. The lowest BCUT2D eigenvalue weighted by molar-refractivity contribution is -0.385. The number of hydrogen-bond acceptors (Lipinski definition) is 6. The summed E-state index contributed by atoms with van der Waals surface area (Å²) in [6.07, 6.45) is 4.05. The molecule has 1 aromatic carbocycles. The van der Waals surface area contributed by atoms with Crippen LogP contribution in [0.25, 0.3) is 16.9 Å². The molecule has 0 aliphatic carbocycles. The number of benzene rings is 1. The zero-order chi connectivity index (χ0) is 21.0. The smallest absolute Gasteiger partial charge is 0.311 e. The highest BCUT2D eigenvalue weighted by Crippen LogP contribution is 2.34. The van der Waals surface area contributed by atoms with E-state index < -0.39 is 4.92 Å². The van der Waals surface area contributed by atoms with Crippen LogP contribution in [0.3, 0.4) is 0 Å². The van der Waals surface area contributed by atoms with Crippen molar-refractivity contribution in [3.05, 3.63) is 52.3 Å². The number of nitrogens with zero attached hydrogens (tertiary/aromatic N) is 4. The SMILES string of the molecule is CCCCN(C)Cc1c(-c2ccc(OCC)c([N+](=O)[O-])c2)nc2ccc(N)cn12. The van der Waals surface area contributed by atoms with E-state index in [1.54, 1.807) is 19.1 Å². The number of unbranched alkanes of at least 4 members (excludes halogenated alkanes) is 1. The number of imidazole rings is 1. The maximum absolute atomic E-state index is 11.6. The number of nitro groups is 1. The van der Waals surface area contributed by atoms with Crippen molar-refractivity contribution in [3.63, 3.8) is 0 Å². The Bertz CT molecular complexity index is 1010. The van der Waals surface area contributed by atoms with Crippen molar-refractivity contribution in [1.82, 2.24) is 14.3 Å².